The lowest BCUT2D eigenvalue weighted by Gasteiger charge is -2.25. The Morgan fingerprint density at radius 1 is 1.00 bits per heavy atom. The standard InChI is InChI=1S/C13H22N2/c1-2-3-4-8-11-13(14,15)12-9-6-5-7-10-12/h5-7,9-10H,2-4,8,11,14-15H2,1H3. The molecule has 2 nitrogen and oxygen atoms in total. The highest BCUT2D eigenvalue weighted by atomic mass is 14.9. The van der Waals surface area contributed by atoms with Gasteiger partial charge in [-0.2, -0.15) is 0 Å². The third-order valence-corrected chi connectivity index (χ3v) is 2.76. The normalized spacial score (nSPS) is 11.7. The van der Waals surface area contributed by atoms with E-state index in [1.54, 1.807) is 0 Å². The molecule has 0 heterocycles. The average molecular weight is 206 g/mol. The Labute approximate surface area is 92.7 Å². The molecule has 0 fully saturated rings. The van der Waals surface area contributed by atoms with Crippen LogP contribution in [0.2, 0.25) is 0 Å². The lowest BCUT2D eigenvalue weighted by Crippen LogP contribution is -2.45. The summed E-state index contributed by atoms with van der Waals surface area (Å²) < 4.78 is 0. The van der Waals surface area contributed by atoms with Crippen molar-refractivity contribution in [2.24, 2.45) is 11.5 Å². The first kappa shape index (κ1) is 12.2. The van der Waals surface area contributed by atoms with E-state index in [0.717, 1.165) is 18.4 Å². The van der Waals surface area contributed by atoms with Gasteiger partial charge >= 0.3 is 0 Å². The summed E-state index contributed by atoms with van der Waals surface area (Å²) in [7, 11) is 0. The van der Waals surface area contributed by atoms with Gasteiger partial charge in [0.25, 0.3) is 0 Å². The Morgan fingerprint density at radius 2 is 1.67 bits per heavy atom. The van der Waals surface area contributed by atoms with Gasteiger partial charge in [0.1, 0.15) is 0 Å². The fourth-order valence-electron chi connectivity index (χ4n) is 1.74. The Morgan fingerprint density at radius 3 is 2.27 bits per heavy atom. The van der Waals surface area contributed by atoms with Crippen LogP contribution in [0.5, 0.6) is 0 Å². The molecular weight excluding hydrogens is 184 g/mol. The molecule has 2 heteroatoms. The van der Waals surface area contributed by atoms with Crippen molar-refractivity contribution in [2.45, 2.75) is 44.7 Å². The van der Waals surface area contributed by atoms with E-state index in [1.807, 2.05) is 30.3 Å². The summed E-state index contributed by atoms with van der Waals surface area (Å²) in [6, 6.07) is 9.95. The van der Waals surface area contributed by atoms with E-state index in [1.165, 1.54) is 19.3 Å². The van der Waals surface area contributed by atoms with E-state index in [2.05, 4.69) is 6.92 Å². The minimum absolute atomic E-state index is 0.658. The number of hydrogen-bond acceptors (Lipinski definition) is 2. The van der Waals surface area contributed by atoms with Crippen LogP contribution in [0, 0.1) is 0 Å². The average Bonchev–Trinajstić information content (AvgIpc) is 2.26. The summed E-state index contributed by atoms with van der Waals surface area (Å²) in [6.07, 6.45) is 5.70. The third-order valence-electron chi connectivity index (χ3n) is 2.76. The molecule has 0 aliphatic carbocycles. The quantitative estimate of drug-likeness (QED) is 0.555. The maximum atomic E-state index is 6.10. The van der Waals surface area contributed by atoms with Gasteiger partial charge in [0.2, 0.25) is 0 Å². The van der Waals surface area contributed by atoms with Gasteiger partial charge in [-0.1, -0.05) is 56.5 Å². The van der Waals surface area contributed by atoms with Crippen LogP contribution < -0.4 is 11.5 Å². The first-order chi connectivity index (χ1) is 7.17. The van der Waals surface area contributed by atoms with Crippen molar-refractivity contribution in [3.8, 4) is 0 Å². The lowest BCUT2D eigenvalue weighted by molar-refractivity contribution is 0.401. The lowest BCUT2D eigenvalue weighted by atomic mass is 9.95. The van der Waals surface area contributed by atoms with Gasteiger partial charge in [0.05, 0.1) is 5.66 Å². The molecule has 0 bridgehead atoms. The number of hydrogen-bond donors (Lipinski definition) is 2. The second-order valence-electron chi connectivity index (χ2n) is 4.22. The van der Waals surface area contributed by atoms with Gasteiger partial charge in [-0.05, 0) is 18.4 Å². The molecule has 0 atom stereocenters. The molecule has 0 unspecified atom stereocenters. The minimum Gasteiger partial charge on any atom is -0.310 e. The Kier molecular flexibility index (Phi) is 4.79. The molecule has 1 rings (SSSR count). The summed E-state index contributed by atoms with van der Waals surface area (Å²) in [6.45, 7) is 2.20. The topological polar surface area (TPSA) is 52.0 Å². The van der Waals surface area contributed by atoms with Crippen molar-refractivity contribution >= 4 is 0 Å². The van der Waals surface area contributed by atoms with Crippen molar-refractivity contribution in [2.75, 3.05) is 0 Å². The molecule has 84 valence electrons. The number of benzene rings is 1. The molecule has 0 radical (unpaired) electrons. The number of nitrogens with two attached hydrogens (primary N) is 2. The highest BCUT2D eigenvalue weighted by Crippen LogP contribution is 2.19. The zero-order valence-corrected chi connectivity index (χ0v) is 9.58. The SMILES string of the molecule is CCCCCCC(N)(N)c1ccccc1. The van der Waals surface area contributed by atoms with Crippen LogP contribution in [0.25, 0.3) is 0 Å². The van der Waals surface area contributed by atoms with Crippen LogP contribution in [-0.2, 0) is 5.66 Å². The van der Waals surface area contributed by atoms with Crippen LogP contribution in [0.15, 0.2) is 30.3 Å². The van der Waals surface area contributed by atoms with Gasteiger partial charge in [-0.3, -0.25) is 0 Å². The summed E-state index contributed by atoms with van der Waals surface area (Å²) in [4.78, 5) is 0. The Balaban J connectivity index is 2.45. The zero-order chi connectivity index (χ0) is 11.1. The molecule has 1 aromatic rings. The first-order valence-corrected chi connectivity index (χ1v) is 5.80. The Bertz CT molecular complexity index is 267. The molecule has 0 saturated heterocycles. The maximum absolute atomic E-state index is 6.10. The van der Waals surface area contributed by atoms with E-state index >= 15 is 0 Å². The highest BCUT2D eigenvalue weighted by molar-refractivity contribution is 5.22. The Hall–Kier alpha value is -0.860. The molecule has 15 heavy (non-hydrogen) atoms. The van der Waals surface area contributed by atoms with Gasteiger partial charge in [0, 0.05) is 0 Å². The molecule has 0 aromatic heterocycles. The molecule has 1 aromatic carbocycles. The van der Waals surface area contributed by atoms with Crippen LogP contribution in [0.3, 0.4) is 0 Å². The van der Waals surface area contributed by atoms with E-state index in [0.29, 0.717) is 0 Å². The van der Waals surface area contributed by atoms with Gasteiger partial charge in [0.15, 0.2) is 0 Å². The molecule has 0 aliphatic heterocycles. The van der Waals surface area contributed by atoms with E-state index < -0.39 is 5.66 Å². The van der Waals surface area contributed by atoms with E-state index in [9.17, 15) is 0 Å². The van der Waals surface area contributed by atoms with Crippen molar-refractivity contribution < 1.29 is 0 Å². The van der Waals surface area contributed by atoms with Crippen molar-refractivity contribution in [1.29, 1.82) is 0 Å². The fourth-order valence-corrected chi connectivity index (χ4v) is 1.74. The molecular formula is C13H22N2. The predicted molar refractivity (Wildman–Crippen MR) is 65.3 cm³/mol. The predicted octanol–water partition coefficient (Wildman–Crippen LogP) is 2.73. The number of rotatable bonds is 6. The van der Waals surface area contributed by atoms with Crippen LogP contribution in [0.1, 0.15) is 44.6 Å². The third kappa shape index (κ3) is 4.02. The van der Waals surface area contributed by atoms with E-state index in [4.69, 9.17) is 11.5 Å². The second kappa shape index (κ2) is 5.89. The molecule has 4 N–H and O–H groups in total. The highest BCUT2D eigenvalue weighted by Gasteiger charge is 2.20. The number of unbranched alkanes of at least 4 members (excludes halogenated alkanes) is 3. The summed E-state index contributed by atoms with van der Waals surface area (Å²) in [5.74, 6) is 0. The van der Waals surface area contributed by atoms with Crippen molar-refractivity contribution in [3.63, 3.8) is 0 Å². The van der Waals surface area contributed by atoms with Crippen LogP contribution in [0.4, 0.5) is 0 Å². The maximum Gasteiger partial charge on any atom is 0.0899 e. The summed E-state index contributed by atoms with van der Waals surface area (Å²) in [5, 5.41) is 0. The summed E-state index contributed by atoms with van der Waals surface area (Å²) >= 11 is 0. The second-order valence-corrected chi connectivity index (χ2v) is 4.22. The molecule has 0 saturated carbocycles. The van der Waals surface area contributed by atoms with Crippen molar-refractivity contribution in [3.05, 3.63) is 35.9 Å². The van der Waals surface area contributed by atoms with Gasteiger partial charge < -0.3 is 11.5 Å². The summed E-state index contributed by atoms with van der Waals surface area (Å²) in [5.41, 5.74) is 12.6. The largest absolute Gasteiger partial charge is 0.310 e. The minimum atomic E-state index is -0.658. The fraction of sp³-hybridized carbons (Fsp3) is 0.538. The monoisotopic (exact) mass is 206 g/mol. The smallest absolute Gasteiger partial charge is 0.0899 e. The van der Waals surface area contributed by atoms with Crippen molar-refractivity contribution in [1.82, 2.24) is 0 Å². The first-order valence-electron chi connectivity index (χ1n) is 5.80. The van der Waals surface area contributed by atoms with Crippen LogP contribution >= 0.6 is 0 Å². The van der Waals surface area contributed by atoms with Crippen LogP contribution in [-0.4, -0.2) is 0 Å². The zero-order valence-electron chi connectivity index (χ0n) is 9.58. The van der Waals surface area contributed by atoms with E-state index in [-0.39, 0.29) is 0 Å². The van der Waals surface area contributed by atoms with Gasteiger partial charge in [-0.25, -0.2) is 0 Å². The van der Waals surface area contributed by atoms with Gasteiger partial charge in [-0.15, -0.1) is 0 Å². The molecule has 0 spiro atoms. The molecule has 0 aliphatic rings. The molecule has 0 amide bonds.